The van der Waals surface area contributed by atoms with Crippen LogP contribution >= 0.6 is 0 Å². The maximum Gasteiger partial charge on any atom is 0.339 e. The van der Waals surface area contributed by atoms with Crippen molar-refractivity contribution in [1.82, 2.24) is 0 Å². The first kappa shape index (κ1) is 27.7. The number of ether oxygens (including phenoxy) is 2. The molecule has 0 radical (unpaired) electrons. The smallest absolute Gasteiger partial charge is 0.339 e. The Morgan fingerprint density at radius 2 is 0.895 bits per heavy atom. The molecule has 10 nitrogen and oxygen atoms in total. The Balaban J connectivity index is 2.13. The molecule has 10 heteroatoms. The topological polar surface area (TPSA) is 163 Å². The molecule has 0 fully saturated rings. The maximum absolute atomic E-state index is 13.3. The number of esters is 2. The van der Waals surface area contributed by atoms with Gasteiger partial charge in [0.25, 0.3) is 11.8 Å². The van der Waals surface area contributed by atoms with Crippen LogP contribution in [0.3, 0.4) is 0 Å². The second-order valence-electron chi connectivity index (χ2n) is 9.00. The highest BCUT2D eigenvalue weighted by Crippen LogP contribution is 2.24. The Morgan fingerprint density at radius 1 is 0.579 bits per heavy atom. The SMILES string of the molecule is CC(C)OC(=O)c1cc(C(=O)Nc2ccc(N)cc2)c(C(=O)OC(C)C)cc1C(=O)Nc1ccc(N)cc1. The third kappa shape index (κ3) is 7.10. The van der Waals surface area contributed by atoms with Crippen LogP contribution in [0.15, 0.2) is 60.7 Å². The van der Waals surface area contributed by atoms with Gasteiger partial charge in [-0.1, -0.05) is 0 Å². The number of benzene rings is 3. The number of anilines is 4. The van der Waals surface area contributed by atoms with Crippen molar-refractivity contribution < 1.29 is 28.7 Å². The van der Waals surface area contributed by atoms with Gasteiger partial charge in [-0.15, -0.1) is 0 Å². The first-order chi connectivity index (χ1) is 17.9. The van der Waals surface area contributed by atoms with Crippen molar-refractivity contribution in [1.29, 1.82) is 0 Å². The van der Waals surface area contributed by atoms with Crippen LogP contribution in [-0.2, 0) is 9.47 Å². The number of nitrogen functional groups attached to an aromatic ring is 2. The number of carbonyl (C=O) groups is 4. The van der Waals surface area contributed by atoms with E-state index in [1.54, 1.807) is 76.2 Å². The summed E-state index contributed by atoms with van der Waals surface area (Å²) in [5.74, 6) is -3.08. The van der Waals surface area contributed by atoms with E-state index in [2.05, 4.69) is 10.6 Å². The van der Waals surface area contributed by atoms with E-state index in [1.165, 1.54) is 0 Å². The molecule has 0 saturated carbocycles. The lowest BCUT2D eigenvalue weighted by atomic mass is 9.96. The highest BCUT2D eigenvalue weighted by Gasteiger charge is 2.28. The fraction of sp³-hybridized carbons (Fsp3) is 0.214. The van der Waals surface area contributed by atoms with E-state index in [1.807, 2.05) is 0 Å². The minimum absolute atomic E-state index is 0.174. The van der Waals surface area contributed by atoms with Crippen molar-refractivity contribution in [2.45, 2.75) is 39.9 Å². The molecular weight excluding hydrogens is 488 g/mol. The predicted octanol–water partition coefficient (Wildman–Crippen LogP) is 4.49. The van der Waals surface area contributed by atoms with Crippen molar-refractivity contribution in [3.8, 4) is 0 Å². The number of amides is 2. The Hall–Kier alpha value is -4.86. The van der Waals surface area contributed by atoms with Gasteiger partial charge in [0.15, 0.2) is 0 Å². The first-order valence-electron chi connectivity index (χ1n) is 11.9. The number of nitrogens with two attached hydrogens (primary N) is 2. The number of rotatable bonds is 8. The number of hydrogen-bond donors (Lipinski definition) is 4. The van der Waals surface area contributed by atoms with E-state index in [-0.39, 0.29) is 22.3 Å². The summed E-state index contributed by atoms with van der Waals surface area (Å²) in [7, 11) is 0. The highest BCUT2D eigenvalue weighted by atomic mass is 16.5. The predicted molar refractivity (Wildman–Crippen MR) is 145 cm³/mol. The summed E-state index contributed by atoms with van der Waals surface area (Å²) >= 11 is 0. The second kappa shape index (κ2) is 11.9. The zero-order valence-electron chi connectivity index (χ0n) is 21.5. The van der Waals surface area contributed by atoms with Crippen LogP contribution in [0.1, 0.15) is 69.1 Å². The molecule has 0 aliphatic carbocycles. The average molecular weight is 519 g/mol. The molecule has 3 aromatic carbocycles. The number of carbonyl (C=O) groups excluding carboxylic acids is 4. The quantitative estimate of drug-likeness (QED) is 0.250. The van der Waals surface area contributed by atoms with Crippen molar-refractivity contribution in [2.24, 2.45) is 0 Å². The van der Waals surface area contributed by atoms with Crippen molar-refractivity contribution >= 4 is 46.5 Å². The van der Waals surface area contributed by atoms with Gasteiger partial charge in [0, 0.05) is 22.7 Å². The molecule has 2 amide bonds. The maximum atomic E-state index is 13.3. The molecule has 0 heterocycles. The molecule has 0 aromatic heterocycles. The minimum atomic E-state index is -0.840. The molecule has 3 aromatic rings. The molecular formula is C28H30N4O6. The van der Waals surface area contributed by atoms with Gasteiger partial charge < -0.3 is 31.6 Å². The summed E-state index contributed by atoms with van der Waals surface area (Å²) in [6.07, 6.45) is -1.01. The van der Waals surface area contributed by atoms with E-state index in [0.29, 0.717) is 22.7 Å². The molecule has 0 aliphatic heterocycles. The van der Waals surface area contributed by atoms with Gasteiger partial charge in [0.05, 0.1) is 34.5 Å². The number of hydrogen-bond acceptors (Lipinski definition) is 8. The molecule has 0 atom stereocenters. The van der Waals surface area contributed by atoms with Gasteiger partial charge in [-0.2, -0.15) is 0 Å². The summed E-state index contributed by atoms with van der Waals surface area (Å²) in [6, 6.07) is 15.0. The Morgan fingerprint density at radius 3 is 1.18 bits per heavy atom. The van der Waals surface area contributed by atoms with E-state index in [4.69, 9.17) is 20.9 Å². The summed E-state index contributed by atoms with van der Waals surface area (Å²) < 4.78 is 10.7. The standard InChI is InChI=1S/C28H30N4O6/c1-15(2)37-27(35)23-13-22(26(34)32-20-11-7-18(30)8-12-20)24(28(36)38-16(3)4)14-21(23)25(33)31-19-9-5-17(29)6-10-19/h5-16H,29-30H2,1-4H3,(H,31,33)(H,32,34). The van der Waals surface area contributed by atoms with E-state index in [9.17, 15) is 19.2 Å². The molecule has 6 N–H and O–H groups in total. The zero-order chi connectivity index (χ0) is 28.0. The van der Waals surface area contributed by atoms with Gasteiger partial charge in [-0.25, -0.2) is 9.59 Å². The fourth-order valence-corrected chi connectivity index (χ4v) is 3.40. The fourth-order valence-electron chi connectivity index (χ4n) is 3.40. The Bertz CT molecular complexity index is 1240. The molecule has 0 spiro atoms. The van der Waals surface area contributed by atoms with Crippen LogP contribution in [0.5, 0.6) is 0 Å². The van der Waals surface area contributed by atoms with Crippen LogP contribution in [-0.4, -0.2) is 36.0 Å². The summed E-state index contributed by atoms with van der Waals surface area (Å²) in [5.41, 5.74) is 12.5. The molecule has 0 aliphatic rings. The van der Waals surface area contributed by atoms with E-state index < -0.39 is 36.0 Å². The van der Waals surface area contributed by atoms with Crippen molar-refractivity contribution in [3.05, 3.63) is 82.9 Å². The first-order valence-corrected chi connectivity index (χ1v) is 11.9. The monoisotopic (exact) mass is 518 g/mol. The van der Waals surface area contributed by atoms with Gasteiger partial charge in [-0.05, 0) is 88.4 Å². The van der Waals surface area contributed by atoms with Gasteiger partial charge in [0.1, 0.15) is 0 Å². The van der Waals surface area contributed by atoms with Crippen molar-refractivity contribution in [2.75, 3.05) is 22.1 Å². The third-order valence-corrected chi connectivity index (χ3v) is 5.11. The molecule has 0 bridgehead atoms. The average Bonchev–Trinajstić information content (AvgIpc) is 2.85. The highest BCUT2D eigenvalue weighted by molar-refractivity contribution is 6.17. The lowest BCUT2D eigenvalue weighted by molar-refractivity contribution is 0.0359. The Kier molecular flexibility index (Phi) is 8.69. The molecule has 0 saturated heterocycles. The van der Waals surface area contributed by atoms with Crippen LogP contribution in [0.25, 0.3) is 0 Å². The lowest BCUT2D eigenvalue weighted by Crippen LogP contribution is -2.25. The summed E-state index contributed by atoms with van der Waals surface area (Å²) in [4.78, 5) is 52.6. The molecule has 198 valence electrons. The van der Waals surface area contributed by atoms with Crippen LogP contribution in [0.4, 0.5) is 22.7 Å². The van der Waals surface area contributed by atoms with Gasteiger partial charge in [0.2, 0.25) is 0 Å². The van der Waals surface area contributed by atoms with E-state index in [0.717, 1.165) is 12.1 Å². The van der Waals surface area contributed by atoms with Crippen LogP contribution < -0.4 is 22.1 Å². The molecule has 0 unspecified atom stereocenters. The lowest BCUT2D eigenvalue weighted by Gasteiger charge is -2.17. The third-order valence-electron chi connectivity index (χ3n) is 5.11. The van der Waals surface area contributed by atoms with Crippen molar-refractivity contribution in [3.63, 3.8) is 0 Å². The van der Waals surface area contributed by atoms with E-state index >= 15 is 0 Å². The zero-order valence-corrected chi connectivity index (χ0v) is 21.5. The van der Waals surface area contributed by atoms with Gasteiger partial charge in [-0.3, -0.25) is 9.59 Å². The minimum Gasteiger partial charge on any atom is -0.459 e. The normalized spacial score (nSPS) is 10.7. The Labute approximate surface area is 220 Å². The summed E-state index contributed by atoms with van der Waals surface area (Å²) in [6.45, 7) is 6.59. The van der Waals surface area contributed by atoms with Crippen LogP contribution in [0, 0.1) is 0 Å². The molecule has 3 rings (SSSR count). The largest absolute Gasteiger partial charge is 0.459 e. The molecule has 38 heavy (non-hydrogen) atoms. The number of nitrogens with one attached hydrogen (secondary N) is 2. The summed E-state index contributed by atoms with van der Waals surface area (Å²) in [5, 5.41) is 5.34. The second-order valence-corrected chi connectivity index (χ2v) is 9.00. The van der Waals surface area contributed by atoms with Gasteiger partial charge >= 0.3 is 11.9 Å². The van der Waals surface area contributed by atoms with Crippen LogP contribution in [0.2, 0.25) is 0 Å².